The van der Waals surface area contributed by atoms with Gasteiger partial charge in [-0.15, -0.1) is 0 Å². The Morgan fingerprint density at radius 2 is 1.80 bits per heavy atom. The molecule has 1 saturated carbocycles. The Kier molecular flexibility index (Phi) is 6.54. The first-order valence-electron chi connectivity index (χ1n) is 11.3. The Morgan fingerprint density at radius 3 is 2.50 bits per heavy atom. The van der Waals surface area contributed by atoms with Crippen LogP contribution in [0.1, 0.15) is 59.4 Å². The summed E-state index contributed by atoms with van der Waals surface area (Å²) in [5, 5.41) is 7.95. The van der Waals surface area contributed by atoms with E-state index in [-0.39, 0.29) is 11.4 Å². The van der Waals surface area contributed by atoms with E-state index in [1.807, 2.05) is 36.7 Å². The van der Waals surface area contributed by atoms with Gasteiger partial charge in [0.25, 0.3) is 5.91 Å². The second kappa shape index (κ2) is 9.31. The quantitative estimate of drug-likeness (QED) is 0.794. The summed E-state index contributed by atoms with van der Waals surface area (Å²) in [5.41, 5.74) is 3.70. The minimum absolute atomic E-state index is 0.00233. The number of hydrogen-bond donors (Lipinski definition) is 1. The van der Waals surface area contributed by atoms with Gasteiger partial charge in [0, 0.05) is 30.9 Å². The zero-order valence-electron chi connectivity index (χ0n) is 18.3. The van der Waals surface area contributed by atoms with Crippen LogP contribution in [0.15, 0.2) is 30.3 Å². The predicted octanol–water partition coefficient (Wildman–Crippen LogP) is 3.31. The molecule has 2 aromatic rings. The minimum Gasteiger partial charge on any atom is -0.379 e. The van der Waals surface area contributed by atoms with Crippen LogP contribution in [0.4, 0.5) is 0 Å². The number of nitrogens with zero attached hydrogens (tertiary/aromatic N) is 3. The fraction of sp³-hybridized carbons (Fsp3) is 0.583. The van der Waals surface area contributed by atoms with Gasteiger partial charge in [0.05, 0.1) is 31.0 Å². The molecule has 0 atom stereocenters. The fourth-order valence-corrected chi connectivity index (χ4v) is 5.12. The van der Waals surface area contributed by atoms with Gasteiger partial charge in [-0.2, -0.15) is 5.10 Å². The van der Waals surface area contributed by atoms with Gasteiger partial charge in [0.2, 0.25) is 0 Å². The molecule has 1 aromatic heterocycles. The van der Waals surface area contributed by atoms with Crippen molar-refractivity contribution < 1.29 is 9.53 Å². The van der Waals surface area contributed by atoms with Gasteiger partial charge in [-0.05, 0) is 32.3 Å². The Balaban J connectivity index is 1.47. The Hall–Kier alpha value is -2.18. The van der Waals surface area contributed by atoms with Crippen molar-refractivity contribution >= 4 is 5.91 Å². The van der Waals surface area contributed by atoms with Crippen LogP contribution in [-0.4, -0.2) is 59.0 Å². The van der Waals surface area contributed by atoms with E-state index in [0.717, 1.165) is 56.1 Å². The third-order valence-electron chi connectivity index (χ3n) is 6.83. The molecule has 1 aromatic carbocycles. The molecule has 1 amide bonds. The van der Waals surface area contributed by atoms with Gasteiger partial charge >= 0.3 is 0 Å². The van der Waals surface area contributed by atoms with Crippen molar-refractivity contribution in [3.05, 3.63) is 52.8 Å². The Labute approximate surface area is 179 Å². The molecule has 2 aliphatic rings. The average Bonchev–Trinajstić information content (AvgIpc) is 3.07. The molecular formula is C24H34N4O2. The summed E-state index contributed by atoms with van der Waals surface area (Å²) in [6.45, 7) is 8.82. The van der Waals surface area contributed by atoms with Gasteiger partial charge in [0.1, 0.15) is 0 Å². The molecule has 4 rings (SSSR count). The standard InChI is InChI=1S/C24H34N4O2/c1-19-22(20(2)28(26-19)17-21-9-5-3-6-10-21)23(29)25-18-24(11-7-4-8-12-24)27-13-15-30-16-14-27/h3,5-6,9-10H,4,7-8,11-18H2,1-2H3,(H,25,29). The van der Waals surface area contributed by atoms with Crippen LogP contribution < -0.4 is 5.32 Å². The summed E-state index contributed by atoms with van der Waals surface area (Å²) < 4.78 is 7.52. The highest BCUT2D eigenvalue weighted by atomic mass is 16.5. The lowest BCUT2D eigenvalue weighted by molar-refractivity contribution is -0.0361. The molecule has 0 radical (unpaired) electrons. The van der Waals surface area contributed by atoms with Crippen molar-refractivity contribution in [2.24, 2.45) is 0 Å². The first-order valence-corrected chi connectivity index (χ1v) is 11.3. The SMILES string of the molecule is Cc1nn(Cc2ccccc2)c(C)c1C(=O)NCC1(N2CCOCC2)CCCCC1. The van der Waals surface area contributed by atoms with E-state index >= 15 is 0 Å². The van der Waals surface area contributed by atoms with Crippen molar-refractivity contribution in [1.29, 1.82) is 0 Å². The highest BCUT2D eigenvalue weighted by molar-refractivity contribution is 5.96. The number of aromatic nitrogens is 2. The summed E-state index contributed by atoms with van der Waals surface area (Å²) in [7, 11) is 0. The lowest BCUT2D eigenvalue weighted by atomic mass is 9.79. The van der Waals surface area contributed by atoms with Crippen LogP contribution in [0.5, 0.6) is 0 Å². The maximum absolute atomic E-state index is 13.2. The molecule has 1 saturated heterocycles. The zero-order valence-corrected chi connectivity index (χ0v) is 18.3. The van der Waals surface area contributed by atoms with E-state index in [0.29, 0.717) is 13.1 Å². The molecule has 2 fully saturated rings. The van der Waals surface area contributed by atoms with E-state index in [1.165, 1.54) is 24.8 Å². The highest BCUT2D eigenvalue weighted by Crippen LogP contribution is 2.34. The van der Waals surface area contributed by atoms with Crippen molar-refractivity contribution in [3.63, 3.8) is 0 Å². The molecule has 162 valence electrons. The van der Waals surface area contributed by atoms with E-state index in [9.17, 15) is 4.79 Å². The Morgan fingerprint density at radius 1 is 1.10 bits per heavy atom. The van der Waals surface area contributed by atoms with Crippen LogP contribution in [0.3, 0.4) is 0 Å². The molecule has 0 bridgehead atoms. The largest absolute Gasteiger partial charge is 0.379 e. The van der Waals surface area contributed by atoms with Gasteiger partial charge in [-0.3, -0.25) is 14.4 Å². The third-order valence-corrected chi connectivity index (χ3v) is 6.83. The number of amides is 1. The normalized spacial score (nSPS) is 19.5. The van der Waals surface area contributed by atoms with Crippen LogP contribution in [-0.2, 0) is 11.3 Å². The van der Waals surface area contributed by atoms with E-state index < -0.39 is 0 Å². The number of aryl methyl sites for hydroxylation is 1. The molecule has 0 spiro atoms. The van der Waals surface area contributed by atoms with Crippen LogP contribution >= 0.6 is 0 Å². The topological polar surface area (TPSA) is 59.4 Å². The fourth-order valence-electron chi connectivity index (χ4n) is 5.12. The molecule has 0 unspecified atom stereocenters. The van der Waals surface area contributed by atoms with E-state index in [1.54, 1.807) is 0 Å². The minimum atomic E-state index is 0.00233. The van der Waals surface area contributed by atoms with Crippen LogP contribution in [0.2, 0.25) is 0 Å². The second-order valence-corrected chi connectivity index (χ2v) is 8.76. The lowest BCUT2D eigenvalue weighted by Gasteiger charge is -2.48. The second-order valence-electron chi connectivity index (χ2n) is 8.76. The monoisotopic (exact) mass is 410 g/mol. The first-order chi connectivity index (χ1) is 14.6. The summed E-state index contributed by atoms with van der Waals surface area (Å²) in [4.78, 5) is 15.8. The number of benzene rings is 1. The van der Waals surface area contributed by atoms with Gasteiger partial charge < -0.3 is 10.1 Å². The molecule has 6 heteroatoms. The predicted molar refractivity (Wildman–Crippen MR) is 118 cm³/mol. The van der Waals surface area contributed by atoms with Gasteiger partial charge in [0.15, 0.2) is 0 Å². The smallest absolute Gasteiger partial charge is 0.255 e. The van der Waals surface area contributed by atoms with Crippen LogP contribution in [0, 0.1) is 13.8 Å². The molecule has 1 aliphatic carbocycles. The molecule has 30 heavy (non-hydrogen) atoms. The summed E-state index contributed by atoms with van der Waals surface area (Å²) in [6.07, 6.45) is 6.07. The summed E-state index contributed by atoms with van der Waals surface area (Å²) >= 11 is 0. The molecular weight excluding hydrogens is 376 g/mol. The van der Waals surface area contributed by atoms with E-state index in [4.69, 9.17) is 4.74 Å². The highest BCUT2D eigenvalue weighted by Gasteiger charge is 2.39. The number of carbonyl (C=O) groups excluding carboxylic acids is 1. The van der Waals surface area contributed by atoms with Crippen molar-refractivity contribution in [3.8, 4) is 0 Å². The van der Waals surface area contributed by atoms with Crippen LogP contribution in [0.25, 0.3) is 0 Å². The average molecular weight is 411 g/mol. The number of hydrogen-bond acceptors (Lipinski definition) is 4. The molecule has 6 nitrogen and oxygen atoms in total. The lowest BCUT2D eigenvalue weighted by Crippen LogP contribution is -2.59. The summed E-state index contributed by atoms with van der Waals surface area (Å²) in [6, 6.07) is 10.3. The van der Waals surface area contributed by atoms with Crippen molar-refractivity contribution in [1.82, 2.24) is 20.0 Å². The zero-order chi connectivity index (χ0) is 21.0. The molecule has 1 aliphatic heterocycles. The maximum atomic E-state index is 13.2. The maximum Gasteiger partial charge on any atom is 0.255 e. The summed E-state index contributed by atoms with van der Waals surface area (Å²) in [5.74, 6) is 0.00233. The number of ether oxygens (including phenoxy) is 1. The Bertz CT molecular complexity index is 850. The van der Waals surface area contributed by atoms with Gasteiger partial charge in [-0.25, -0.2) is 0 Å². The third kappa shape index (κ3) is 4.44. The number of carbonyl (C=O) groups is 1. The van der Waals surface area contributed by atoms with Gasteiger partial charge in [-0.1, -0.05) is 49.6 Å². The molecule has 2 heterocycles. The van der Waals surface area contributed by atoms with Crippen molar-refractivity contribution in [2.75, 3.05) is 32.8 Å². The number of morpholine rings is 1. The number of rotatable bonds is 6. The molecule has 1 N–H and O–H groups in total. The van der Waals surface area contributed by atoms with E-state index in [2.05, 4.69) is 27.4 Å². The number of nitrogens with one attached hydrogen (secondary N) is 1. The van der Waals surface area contributed by atoms with Crippen molar-refractivity contribution in [2.45, 2.75) is 58.0 Å². The first kappa shape index (κ1) is 21.1.